The third-order valence-electron chi connectivity index (χ3n) is 2.86. The van der Waals surface area contributed by atoms with E-state index in [1.165, 1.54) is 11.0 Å². The summed E-state index contributed by atoms with van der Waals surface area (Å²) >= 11 is 0. The zero-order chi connectivity index (χ0) is 13.3. The van der Waals surface area contributed by atoms with Crippen LogP contribution in [0.1, 0.15) is 24.2 Å². The summed E-state index contributed by atoms with van der Waals surface area (Å²) in [4.78, 5) is 24.9. The summed E-state index contributed by atoms with van der Waals surface area (Å²) in [5.41, 5.74) is 2.04. The standard InChI is InChI=1S/C15H15NO2/c1-10(2)15(18)12-5-7-13(8-6-12)16-11(3)4-9-14(16)17/h4-10H,3H2,1-2H3. The van der Waals surface area contributed by atoms with E-state index in [0.29, 0.717) is 11.3 Å². The van der Waals surface area contributed by atoms with Crippen molar-refractivity contribution in [1.29, 1.82) is 0 Å². The molecule has 0 aliphatic carbocycles. The molecule has 0 fully saturated rings. The zero-order valence-electron chi connectivity index (χ0n) is 10.5. The van der Waals surface area contributed by atoms with Crippen molar-refractivity contribution in [3.63, 3.8) is 0 Å². The molecule has 0 saturated heterocycles. The summed E-state index contributed by atoms with van der Waals surface area (Å²) in [5, 5.41) is 0. The van der Waals surface area contributed by atoms with Crippen LogP contribution in [0.3, 0.4) is 0 Å². The predicted molar refractivity (Wildman–Crippen MR) is 71.4 cm³/mol. The van der Waals surface area contributed by atoms with E-state index in [4.69, 9.17) is 0 Å². The van der Waals surface area contributed by atoms with Crippen LogP contribution in [0.4, 0.5) is 5.69 Å². The molecule has 18 heavy (non-hydrogen) atoms. The number of carbonyl (C=O) groups is 2. The number of hydrogen-bond donors (Lipinski definition) is 0. The highest BCUT2D eigenvalue weighted by Gasteiger charge is 2.20. The largest absolute Gasteiger partial charge is 0.294 e. The van der Waals surface area contributed by atoms with Crippen molar-refractivity contribution in [2.24, 2.45) is 5.92 Å². The van der Waals surface area contributed by atoms with E-state index in [-0.39, 0.29) is 17.6 Å². The first kappa shape index (κ1) is 12.3. The first-order valence-corrected chi connectivity index (χ1v) is 5.86. The minimum Gasteiger partial charge on any atom is -0.294 e. The third-order valence-corrected chi connectivity index (χ3v) is 2.86. The van der Waals surface area contributed by atoms with Gasteiger partial charge in [-0.3, -0.25) is 14.5 Å². The van der Waals surface area contributed by atoms with E-state index >= 15 is 0 Å². The van der Waals surface area contributed by atoms with Gasteiger partial charge in [-0.25, -0.2) is 0 Å². The molecule has 1 aromatic rings. The van der Waals surface area contributed by atoms with Gasteiger partial charge in [0, 0.05) is 28.9 Å². The maximum atomic E-state index is 11.8. The van der Waals surface area contributed by atoms with E-state index in [9.17, 15) is 9.59 Å². The molecule has 0 atom stereocenters. The highest BCUT2D eigenvalue weighted by atomic mass is 16.2. The Hall–Kier alpha value is -2.16. The normalized spacial score (nSPS) is 14.7. The molecule has 0 saturated carbocycles. The van der Waals surface area contributed by atoms with Gasteiger partial charge in [-0.15, -0.1) is 0 Å². The molecule has 0 unspecified atom stereocenters. The van der Waals surface area contributed by atoms with Crippen molar-refractivity contribution in [1.82, 2.24) is 0 Å². The van der Waals surface area contributed by atoms with E-state index in [0.717, 1.165) is 5.69 Å². The molecule has 1 aliphatic heterocycles. The molecule has 1 heterocycles. The number of ketones is 1. The van der Waals surface area contributed by atoms with Crippen molar-refractivity contribution in [2.75, 3.05) is 4.90 Å². The summed E-state index contributed by atoms with van der Waals surface area (Å²) in [7, 11) is 0. The minimum absolute atomic E-state index is 0.0269. The Morgan fingerprint density at radius 3 is 2.22 bits per heavy atom. The average molecular weight is 241 g/mol. The highest BCUT2D eigenvalue weighted by Crippen LogP contribution is 2.24. The topological polar surface area (TPSA) is 37.4 Å². The van der Waals surface area contributed by atoms with Gasteiger partial charge in [0.25, 0.3) is 5.91 Å². The number of Topliss-reactive ketones (excluding diaryl/α,β-unsaturated/α-hetero) is 1. The van der Waals surface area contributed by atoms with Gasteiger partial charge in [0.05, 0.1) is 0 Å². The highest BCUT2D eigenvalue weighted by molar-refractivity contribution is 6.08. The number of carbonyl (C=O) groups excluding carboxylic acids is 2. The van der Waals surface area contributed by atoms with Crippen LogP contribution in [0.2, 0.25) is 0 Å². The fourth-order valence-corrected chi connectivity index (χ4v) is 1.86. The number of hydrogen-bond acceptors (Lipinski definition) is 2. The van der Waals surface area contributed by atoms with Crippen LogP contribution >= 0.6 is 0 Å². The molecular weight excluding hydrogens is 226 g/mol. The summed E-state index contributed by atoms with van der Waals surface area (Å²) in [6.45, 7) is 7.53. The second kappa shape index (κ2) is 4.61. The SMILES string of the molecule is C=C1C=CC(=O)N1c1ccc(C(=O)C(C)C)cc1. The Morgan fingerprint density at radius 2 is 1.78 bits per heavy atom. The van der Waals surface area contributed by atoms with Gasteiger partial charge < -0.3 is 0 Å². The second-order valence-corrected chi connectivity index (χ2v) is 4.56. The Bertz CT molecular complexity index is 520. The Kier molecular flexibility index (Phi) is 3.15. The average Bonchev–Trinajstić information content (AvgIpc) is 2.68. The Balaban J connectivity index is 2.26. The van der Waals surface area contributed by atoms with E-state index in [2.05, 4.69) is 6.58 Å². The number of allylic oxidation sites excluding steroid dienone is 1. The van der Waals surface area contributed by atoms with Gasteiger partial charge in [-0.1, -0.05) is 20.4 Å². The van der Waals surface area contributed by atoms with Crippen LogP contribution in [0, 0.1) is 5.92 Å². The van der Waals surface area contributed by atoms with Gasteiger partial charge in [0.2, 0.25) is 0 Å². The summed E-state index contributed by atoms with van der Waals surface area (Å²) in [5.74, 6) is -0.0323. The van der Waals surface area contributed by atoms with Gasteiger partial charge in [-0.2, -0.15) is 0 Å². The van der Waals surface area contributed by atoms with Gasteiger partial charge in [0.1, 0.15) is 0 Å². The molecule has 0 spiro atoms. The molecule has 0 aromatic heterocycles. The van der Waals surface area contributed by atoms with Gasteiger partial charge in [-0.05, 0) is 30.3 Å². The zero-order valence-corrected chi connectivity index (χ0v) is 10.5. The Morgan fingerprint density at radius 1 is 1.17 bits per heavy atom. The minimum atomic E-state index is -0.108. The Labute approximate surface area is 106 Å². The number of rotatable bonds is 3. The molecular formula is C15H15NO2. The van der Waals surface area contributed by atoms with Crippen molar-refractivity contribution in [3.05, 3.63) is 54.3 Å². The van der Waals surface area contributed by atoms with Crippen molar-refractivity contribution in [2.45, 2.75) is 13.8 Å². The number of anilines is 1. The van der Waals surface area contributed by atoms with Crippen LogP contribution < -0.4 is 4.90 Å². The van der Waals surface area contributed by atoms with Crippen LogP contribution in [0.25, 0.3) is 0 Å². The molecule has 92 valence electrons. The molecule has 0 bridgehead atoms. The summed E-state index contributed by atoms with van der Waals surface area (Å²) in [6.07, 6.45) is 3.16. The predicted octanol–water partition coefficient (Wildman–Crippen LogP) is 2.94. The van der Waals surface area contributed by atoms with E-state index < -0.39 is 0 Å². The van der Waals surface area contributed by atoms with Crippen molar-refractivity contribution in [3.8, 4) is 0 Å². The smallest absolute Gasteiger partial charge is 0.255 e. The van der Waals surface area contributed by atoms with E-state index in [1.807, 2.05) is 13.8 Å². The lowest BCUT2D eigenvalue weighted by atomic mass is 10.0. The molecule has 0 N–H and O–H groups in total. The quantitative estimate of drug-likeness (QED) is 0.763. The van der Waals surface area contributed by atoms with Gasteiger partial charge >= 0.3 is 0 Å². The molecule has 1 aliphatic rings. The molecule has 0 radical (unpaired) electrons. The van der Waals surface area contributed by atoms with E-state index in [1.54, 1.807) is 30.3 Å². The lowest BCUT2D eigenvalue weighted by Crippen LogP contribution is -2.22. The number of amides is 1. The summed E-state index contributed by atoms with van der Waals surface area (Å²) < 4.78 is 0. The van der Waals surface area contributed by atoms with Crippen LogP contribution in [0.5, 0.6) is 0 Å². The van der Waals surface area contributed by atoms with Gasteiger partial charge in [0.15, 0.2) is 5.78 Å². The third kappa shape index (κ3) is 2.12. The molecule has 2 rings (SSSR count). The van der Waals surface area contributed by atoms with Crippen molar-refractivity contribution < 1.29 is 9.59 Å². The van der Waals surface area contributed by atoms with Crippen LogP contribution in [-0.4, -0.2) is 11.7 Å². The molecule has 1 aromatic carbocycles. The fraction of sp³-hybridized carbons (Fsp3) is 0.200. The lowest BCUT2D eigenvalue weighted by molar-refractivity contribution is -0.113. The van der Waals surface area contributed by atoms with Crippen LogP contribution in [-0.2, 0) is 4.79 Å². The first-order chi connectivity index (χ1) is 8.50. The number of nitrogens with zero attached hydrogens (tertiary/aromatic N) is 1. The fourth-order valence-electron chi connectivity index (χ4n) is 1.86. The van der Waals surface area contributed by atoms with Crippen molar-refractivity contribution >= 4 is 17.4 Å². The first-order valence-electron chi connectivity index (χ1n) is 5.86. The second-order valence-electron chi connectivity index (χ2n) is 4.56. The van der Waals surface area contributed by atoms with Crippen LogP contribution in [0.15, 0.2) is 48.7 Å². The number of benzene rings is 1. The molecule has 3 heteroatoms. The molecule has 3 nitrogen and oxygen atoms in total. The maximum absolute atomic E-state index is 11.8. The summed E-state index contributed by atoms with van der Waals surface area (Å²) in [6, 6.07) is 7.03. The lowest BCUT2D eigenvalue weighted by Gasteiger charge is -2.17. The monoisotopic (exact) mass is 241 g/mol. The molecule has 1 amide bonds. The maximum Gasteiger partial charge on any atom is 0.255 e.